The fourth-order valence-corrected chi connectivity index (χ4v) is 25.2. The highest BCUT2D eigenvalue weighted by atomic mass is 31.2. The zero-order valence-corrected chi connectivity index (χ0v) is 74.0. The first-order valence-electron chi connectivity index (χ1n) is 37.0. The average molecular weight is 1730 g/mol. The third-order valence-electron chi connectivity index (χ3n) is 19.8. The smallest absolute Gasteiger partial charge is 0.404 e. The molecule has 0 N–H and O–H groups in total. The highest BCUT2D eigenvalue weighted by molar-refractivity contribution is 7.51. The van der Waals surface area contributed by atoms with E-state index in [1.165, 1.54) is 24.3 Å². The van der Waals surface area contributed by atoms with Gasteiger partial charge >= 0.3 is 62.6 Å². The summed E-state index contributed by atoms with van der Waals surface area (Å²) in [5.74, 6) is -7.34. The molecule has 4 aromatic carbocycles. The van der Waals surface area contributed by atoms with Gasteiger partial charge in [0.25, 0.3) is 0 Å². The molecule has 0 unspecified atom stereocenters. The van der Waals surface area contributed by atoms with E-state index in [0.29, 0.717) is 0 Å². The molecule has 40 heteroatoms. The molecule has 8 bridgehead atoms. The lowest BCUT2D eigenvalue weighted by Gasteiger charge is -2.36. The third kappa shape index (κ3) is 19.8. The standard InChI is InChI=1S/C72H104O32P8/c1-45-49-21-51(59(99-107(75)85-33-67(9,10)34-86-107)25-57(49)97-105(73)81-29-65(5,6)30-82-105)46(2)53-23-55(63(103-111(79)93-41-71(17,18)42-94-111)27-61(53)101-109(77)89-37-69(13,14)38-90-109)48(4)56-24-54(62(102-110(78)91-39-70(15,16)40-92-110)28-64(56)104-112(80)95-43-72(19,20)44-96-112)47(3)52-22-50(45)58(98-106(74)83-31-66(7,8)32-84-106)26-60(52)100-108(76)87-35-68(11,12)36-88-108/h21-28,45-48H,29-44H2,1-20H3. The van der Waals surface area contributed by atoms with E-state index in [9.17, 15) is 0 Å². The van der Waals surface area contributed by atoms with Gasteiger partial charge in [-0.25, -0.2) is 36.5 Å². The Morgan fingerprint density at radius 1 is 0.196 bits per heavy atom. The molecule has 8 heterocycles. The quantitative estimate of drug-likeness (QED) is 0.0940. The summed E-state index contributed by atoms with van der Waals surface area (Å²) in [6, 6.07) is 11.4. The summed E-state index contributed by atoms with van der Waals surface area (Å²) in [6.07, 6.45) is 0. The SMILES string of the molecule is CC1c2cc(c(OP3(=O)OCC(C)(C)CO3)cc2OP2(=O)OCC(C)(C)CO2)C(C)c2cc(c(OP3(=O)OCC(C)(C)CO3)cc2OP2(=O)OCC(C)(C)CO2)C(C)c2cc(c(OP3(=O)OCC(C)(C)CO3)cc2OP2(=O)OCC(C)(C)CO2)C(C)c2cc1c(OP1(=O)OCC(C)(C)CO1)cc2OP1(=O)OCC(C)(C)CO1. The van der Waals surface area contributed by atoms with Crippen LogP contribution in [0.4, 0.5) is 0 Å². The molecule has 0 spiro atoms. The fraction of sp³-hybridized carbons (Fsp3) is 0.667. The van der Waals surface area contributed by atoms with Crippen LogP contribution in [0, 0.1) is 43.3 Å². The maximum absolute atomic E-state index is 15.3. The first-order chi connectivity index (χ1) is 51.6. The van der Waals surface area contributed by atoms with Crippen molar-refractivity contribution in [1.29, 1.82) is 0 Å². The van der Waals surface area contributed by atoms with Gasteiger partial charge in [0.05, 0.1) is 106 Å². The fourth-order valence-electron chi connectivity index (χ4n) is 12.5. The molecule has 9 aliphatic rings. The van der Waals surface area contributed by atoms with Crippen LogP contribution in [0.2, 0.25) is 0 Å². The number of hydrogen-bond acceptors (Lipinski definition) is 32. The van der Waals surface area contributed by atoms with Gasteiger partial charge in [0, 0.05) is 136 Å². The van der Waals surface area contributed by atoms with Crippen molar-refractivity contribution in [2.45, 2.75) is 162 Å². The van der Waals surface area contributed by atoms with E-state index in [1.807, 2.05) is 111 Å². The van der Waals surface area contributed by atoms with Gasteiger partial charge in [0.1, 0.15) is 46.0 Å². The predicted molar refractivity (Wildman–Crippen MR) is 407 cm³/mol. The minimum absolute atomic E-state index is 0.0814. The van der Waals surface area contributed by atoms with E-state index < -0.39 is 130 Å². The number of fused-ring (bicyclic) bond motifs is 8. The predicted octanol–water partition coefficient (Wildman–Crippen LogP) is 21.1. The Kier molecular flexibility index (Phi) is 23.4. The lowest BCUT2D eigenvalue weighted by Crippen LogP contribution is -2.31. The lowest BCUT2D eigenvalue weighted by atomic mass is 9.81. The largest absolute Gasteiger partial charge is 0.530 e. The van der Waals surface area contributed by atoms with Crippen LogP contribution in [-0.2, 0) is 109 Å². The van der Waals surface area contributed by atoms with Crippen molar-refractivity contribution in [2.24, 2.45) is 43.3 Å². The van der Waals surface area contributed by atoms with Gasteiger partial charge in [0.2, 0.25) is 0 Å². The van der Waals surface area contributed by atoms with Crippen LogP contribution in [0.3, 0.4) is 0 Å². The Morgan fingerprint density at radius 2 is 0.286 bits per heavy atom. The van der Waals surface area contributed by atoms with E-state index >= 15 is 36.5 Å². The second-order valence-corrected chi connectivity index (χ2v) is 49.3. The molecule has 4 aromatic rings. The molecule has 112 heavy (non-hydrogen) atoms. The van der Waals surface area contributed by atoms with Gasteiger partial charge in [0.15, 0.2) is 0 Å². The van der Waals surface area contributed by atoms with Crippen molar-refractivity contribution in [1.82, 2.24) is 0 Å². The number of phosphoric acid groups is 8. The molecular weight excluding hydrogens is 1620 g/mol. The highest BCUT2D eigenvalue weighted by Crippen LogP contribution is 2.68. The van der Waals surface area contributed by atoms with Gasteiger partial charge in [-0.2, -0.15) is 0 Å². The first-order valence-corrected chi connectivity index (χ1v) is 48.7. The van der Waals surface area contributed by atoms with Crippen LogP contribution < -0.4 is 36.2 Å². The topological polar surface area (TPSA) is 358 Å². The second-order valence-electron chi connectivity index (χ2n) is 36.6. The Hall–Kier alpha value is -3.52. The Morgan fingerprint density at radius 3 is 0.375 bits per heavy atom. The molecule has 0 radical (unpaired) electrons. The average Bonchev–Trinajstić information content (AvgIpc) is 0.739. The van der Waals surface area contributed by atoms with Crippen molar-refractivity contribution in [2.75, 3.05) is 106 Å². The van der Waals surface area contributed by atoms with Gasteiger partial charge in [-0.3, -0.25) is 72.4 Å². The van der Waals surface area contributed by atoms with Crippen molar-refractivity contribution < 1.29 is 145 Å². The highest BCUT2D eigenvalue weighted by Gasteiger charge is 2.51. The van der Waals surface area contributed by atoms with Crippen LogP contribution in [0.15, 0.2) is 48.5 Å². The summed E-state index contributed by atoms with van der Waals surface area (Å²) in [5, 5.41) is 0. The molecule has 0 aromatic heterocycles. The van der Waals surface area contributed by atoms with Gasteiger partial charge in [-0.1, -0.05) is 138 Å². The molecule has 32 nitrogen and oxygen atoms in total. The summed E-state index contributed by atoms with van der Waals surface area (Å²) >= 11 is 0. The molecule has 0 atom stereocenters. The normalized spacial score (nSPS) is 28.8. The van der Waals surface area contributed by atoms with E-state index in [2.05, 4.69) is 0 Å². The molecule has 624 valence electrons. The third-order valence-corrected chi connectivity index (χ3v) is 30.3. The number of rotatable bonds is 16. The molecule has 8 aliphatic heterocycles. The summed E-state index contributed by atoms with van der Waals surface area (Å²) in [7, 11) is -37.7. The van der Waals surface area contributed by atoms with E-state index in [4.69, 9.17) is 109 Å². The van der Waals surface area contributed by atoms with Crippen LogP contribution in [0.25, 0.3) is 0 Å². The second kappa shape index (κ2) is 30.3. The lowest BCUT2D eigenvalue weighted by molar-refractivity contribution is 0.0168. The zero-order valence-electron chi connectivity index (χ0n) is 66.9. The number of hydrogen-bond donors (Lipinski definition) is 0. The van der Waals surface area contributed by atoms with Gasteiger partial charge in [-0.05, 0) is 24.3 Å². The van der Waals surface area contributed by atoms with Crippen LogP contribution in [0.1, 0.15) is 207 Å². The van der Waals surface area contributed by atoms with Crippen LogP contribution >= 0.6 is 62.6 Å². The molecule has 13 rings (SSSR count). The van der Waals surface area contributed by atoms with Gasteiger partial charge < -0.3 is 36.2 Å². The molecule has 8 fully saturated rings. The van der Waals surface area contributed by atoms with Crippen molar-refractivity contribution in [3.05, 3.63) is 93.0 Å². The molecule has 0 amide bonds. The number of benzene rings is 4. The molecule has 1 aliphatic carbocycles. The summed E-state index contributed by atoms with van der Waals surface area (Å²) in [6.45, 7) is 34.3. The van der Waals surface area contributed by atoms with Crippen molar-refractivity contribution in [3.8, 4) is 46.0 Å². The summed E-state index contributed by atoms with van der Waals surface area (Å²) < 4.78 is 272. The van der Waals surface area contributed by atoms with Crippen molar-refractivity contribution >= 4 is 62.6 Å². The summed E-state index contributed by atoms with van der Waals surface area (Å²) in [5.41, 5.74) is -4.63. The molecule has 0 saturated carbocycles. The maximum atomic E-state index is 15.3. The maximum Gasteiger partial charge on any atom is 0.530 e. The van der Waals surface area contributed by atoms with Crippen molar-refractivity contribution in [3.63, 3.8) is 0 Å². The number of phosphoric ester groups is 8. The van der Waals surface area contributed by atoms with E-state index in [0.717, 1.165) is 0 Å². The molecule has 8 saturated heterocycles. The minimum Gasteiger partial charge on any atom is -0.404 e. The monoisotopic (exact) mass is 1730 g/mol. The van der Waals surface area contributed by atoms with Crippen LogP contribution in [-0.4, -0.2) is 106 Å². The van der Waals surface area contributed by atoms with Gasteiger partial charge in [-0.15, -0.1) is 0 Å². The molecular formula is C72H104O32P8. The minimum atomic E-state index is -4.71. The zero-order chi connectivity index (χ0) is 81.5. The Balaban J connectivity index is 1.15. The van der Waals surface area contributed by atoms with E-state index in [-0.39, 0.29) is 196 Å². The Labute approximate surface area is 654 Å². The Bertz CT molecular complexity index is 3780. The van der Waals surface area contributed by atoms with E-state index in [1.54, 1.807) is 52.0 Å². The summed E-state index contributed by atoms with van der Waals surface area (Å²) in [4.78, 5) is 0. The van der Waals surface area contributed by atoms with Crippen LogP contribution in [0.5, 0.6) is 46.0 Å². The first kappa shape index (κ1) is 86.3.